The largest absolute Gasteiger partial charge is 0.485 e. The summed E-state index contributed by atoms with van der Waals surface area (Å²) in [5.41, 5.74) is 2.10. The second-order valence-corrected chi connectivity index (χ2v) is 5.78. The van der Waals surface area contributed by atoms with Crippen molar-refractivity contribution in [3.63, 3.8) is 0 Å². The van der Waals surface area contributed by atoms with E-state index in [1.165, 1.54) is 5.56 Å². The minimum absolute atomic E-state index is 0.0402. The summed E-state index contributed by atoms with van der Waals surface area (Å²) >= 11 is 6.10. The lowest BCUT2D eigenvalue weighted by Gasteiger charge is -2.25. The van der Waals surface area contributed by atoms with E-state index in [-0.39, 0.29) is 6.10 Å². The van der Waals surface area contributed by atoms with Gasteiger partial charge in [-0.2, -0.15) is 0 Å². The van der Waals surface area contributed by atoms with Gasteiger partial charge in [0.05, 0.1) is 0 Å². The quantitative estimate of drug-likeness (QED) is 0.873. The molecule has 0 bridgehead atoms. The molecule has 1 fully saturated rings. The van der Waals surface area contributed by atoms with E-state index in [2.05, 4.69) is 34.6 Å². The molecule has 3 nitrogen and oxygen atoms in total. The molecule has 2 unspecified atom stereocenters. The summed E-state index contributed by atoms with van der Waals surface area (Å²) in [5, 5.41) is 3.92. The first-order valence-corrected chi connectivity index (χ1v) is 7.67. The van der Waals surface area contributed by atoms with Crippen LogP contribution in [0, 0.1) is 12.8 Å². The summed E-state index contributed by atoms with van der Waals surface area (Å²) in [6.45, 7) is 3.98. The number of ether oxygens (including phenoxy) is 1. The average Bonchev–Trinajstić information content (AvgIpc) is 3.04. The van der Waals surface area contributed by atoms with Crippen LogP contribution < -0.4 is 10.1 Å². The maximum absolute atomic E-state index is 6.33. The van der Waals surface area contributed by atoms with Gasteiger partial charge in [0.15, 0.2) is 0 Å². The molecular formula is C17H19ClN2O. The number of benzene rings is 1. The number of nitrogens with zero attached hydrogens (tertiary/aromatic N) is 1. The highest BCUT2D eigenvalue weighted by Gasteiger charge is 2.28. The van der Waals surface area contributed by atoms with Crippen LogP contribution in [0.15, 0.2) is 42.6 Å². The predicted molar refractivity (Wildman–Crippen MR) is 84.8 cm³/mol. The Morgan fingerprint density at radius 2 is 2.10 bits per heavy atom. The third kappa shape index (κ3) is 3.20. The highest BCUT2D eigenvalue weighted by molar-refractivity contribution is 6.30. The van der Waals surface area contributed by atoms with E-state index in [0.29, 0.717) is 11.1 Å². The van der Waals surface area contributed by atoms with Gasteiger partial charge >= 0.3 is 0 Å². The van der Waals surface area contributed by atoms with Gasteiger partial charge in [0.25, 0.3) is 0 Å². The van der Waals surface area contributed by atoms with E-state index in [0.717, 1.165) is 30.8 Å². The standard InChI is InChI=1S/C17H19ClN2O/c1-12-15(8-10-20-17(12)18)21-16(14-7-9-19-11-14)13-5-3-2-4-6-13/h2-6,8,10,14,16,19H,7,9,11H2,1H3. The number of rotatable bonds is 4. The van der Waals surface area contributed by atoms with Gasteiger partial charge in [-0.15, -0.1) is 0 Å². The van der Waals surface area contributed by atoms with Gasteiger partial charge in [0, 0.05) is 24.2 Å². The topological polar surface area (TPSA) is 34.1 Å². The first-order valence-electron chi connectivity index (χ1n) is 7.29. The third-order valence-corrected chi connectivity index (χ3v) is 4.38. The third-order valence-electron chi connectivity index (χ3n) is 4.00. The van der Waals surface area contributed by atoms with E-state index >= 15 is 0 Å². The Balaban J connectivity index is 1.90. The van der Waals surface area contributed by atoms with Crippen LogP contribution in [0.2, 0.25) is 5.15 Å². The van der Waals surface area contributed by atoms with Crippen molar-refractivity contribution in [1.82, 2.24) is 10.3 Å². The zero-order valence-corrected chi connectivity index (χ0v) is 12.8. The molecule has 1 saturated heterocycles. The Morgan fingerprint density at radius 3 is 2.81 bits per heavy atom. The average molecular weight is 303 g/mol. The first kappa shape index (κ1) is 14.4. The predicted octanol–water partition coefficient (Wildman–Crippen LogP) is 3.77. The van der Waals surface area contributed by atoms with Crippen LogP contribution in [0.4, 0.5) is 0 Å². The molecule has 0 radical (unpaired) electrons. The van der Waals surface area contributed by atoms with E-state index in [1.807, 2.05) is 19.1 Å². The fraction of sp³-hybridized carbons (Fsp3) is 0.353. The zero-order chi connectivity index (χ0) is 14.7. The Kier molecular flexibility index (Phi) is 4.42. The Hall–Kier alpha value is -1.58. The van der Waals surface area contributed by atoms with Crippen molar-refractivity contribution in [1.29, 1.82) is 0 Å². The van der Waals surface area contributed by atoms with Crippen LogP contribution in [-0.4, -0.2) is 18.1 Å². The minimum atomic E-state index is 0.0402. The number of hydrogen-bond acceptors (Lipinski definition) is 3. The smallest absolute Gasteiger partial charge is 0.135 e. The van der Waals surface area contributed by atoms with Crippen molar-refractivity contribution in [3.8, 4) is 5.75 Å². The van der Waals surface area contributed by atoms with Crippen LogP contribution in [0.25, 0.3) is 0 Å². The van der Waals surface area contributed by atoms with Crippen molar-refractivity contribution < 1.29 is 4.74 Å². The summed E-state index contributed by atoms with van der Waals surface area (Å²) in [6.07, 6.45) is 2.86. The van der Waals surface area contributed by atoms with E-state index in [4.69, 9.17) is 16.3 Å². The molecule has 1 N–H and O–H groups in total. The van der Waals surface area contributed by atoms with Gasteiger partial charge in [-0.25, -0.2) is 4.98 Å². The fourth-order valence-electron chi connectivity index (χ4n) is 2.77. The van der Waals surface area contributed by atoms with Crippen molar-refractivity contribution in [2.75, 3.05) is 13.1 Å². The van der Waals surface area contributed by atoms with Crippen LogP contribution in [0.5, 0.6) is 5.75 Å². The second-order valence-electron chi connectivity index (χ2n) is 5.43. The lowest BCUT2D eigenvalue weighted by atomic mass is 9.94. The minimum Gasteiger partial charge on any atom is -0.485 e. The molecule has 2 heterocycles. The normalized spacial score (nSPS) is 19.4. The summed E-state index contributed by atoms with van der Waals surface area (Å²) in [4.78, 5) is 4.09. The zero-order valence-electron chi connectivity index (χ0n) is 12.1. The molecule has 21 heavy (non-hydrogen) atoms. The van der Waals surface area contributed by atoms with Gasteiger partial charge in [-0.1, -0.05) is 41.9 Å². The lowest BCUT2D eigenvalue weighted by molar-refractivity contribution is 0.143. The molecule has 0 amide bonds. The van der Waals surface area contributed by atoms with Gasteiger partial charge < -0.3 is 10.1 Å². The van der Waals surface area contributed by atoms with Gasteiger partial charge in [0.1, 0.15) is 17.0 Å². The molecule has 2 atom stereocenters. The van der Waals surface area contributed by atoms with Crippen molar-refractivity contribution in [2.45, 2.75) is 19.4 Å². The Bertz CT molecular complexity index is 597. The molecule has 1 aromatic heterocycles. The molecule has 4 heteroatoms. The van der Waals surface area contributed by atoms with Crippen molar-refractivity contribution in [3.05, 3.63) is 58.9 Å². The monoisotopic (exact) mass is 302 g/mol. The molecule has 0 aliphatic carbocycles. The molecule has 1 aromatic carbocycles. The van der Waals surface area contributed by atoms with Crippen LogP contribution >= 0.6 is 11.6 Å². The van der Waals surface area contributed by atoms with Crippen LogP contribution in [-0.2, 0) is 0 Å². The molecule has 1 aliphatic heterocycles. The highest BCUT2D eigenvalue weighted by atomic mass is 35.5. The summed E-state index contributed by atoms with van der Waals surface area (Å²) in [6, 6.07) is 12.3. The summed E-state index contributed by atoms with van der Waals surface area (Å²) in [7, 11) is 0. The maximum Gasteiger partial charge on any atom is 0.135 e. The molecule has 1 aliphatic rings. The van der Waals surface area contributed by atoms with Gasteiger partial charge in [-0.3, -0.25) is 0 Å². The van der Waals surface area contributed by atoms with Crippen molar-refractivity contribution >= 4 is 11.6 Å². The van der Waals surface area contributed by atoms with Gasteiger partial charge in [-0.05, 0) is 31.5 Å². The van der Waals surface area contributed by atoms with Crippen LogP contribution in [0.1, 0.15) is 23.7 Å². The maximum atomic E-state index is 6.33. The molecule has 110 valence electrons. The number of halogens is 1. The highest BCUT2D eigenvalue weighted by Crippen LogP contribution is 2.34. The summed E-state index contributed by atoms with van der Waals surface area (Å²) in [5.74, 6) is 1.29. The summed E-state index contributed by atoms with van der Waals surface area (Å²) < 4.78 is 6.33. The van der Waals surface area contributed by atoms with E-state index in [1.54, 1.807) is 6.20 Å². The number of pyridine rings is 1. The van der Waals surface area contributed by atoms with E-state index < -0.39 is 0 Å². The van der Waals surface area contributed by atoms with E-state index in [9.17, 15) is 0 Å². The Morgan fingerprint density at radius 1 is 1.29 bits per heavy atom. The fourth-order valence-corrected chi connectivity index (χ4v) is 2.92. The molecular weight excluding hydrogens is 284 g/mol. The Labute approximate surface area is 130 Å². The number of nitrogens with one attached hydrogen (secondary N) is 1. The molecule has 3 rings (SSSR count). The SMILES string of the molecule is Cc1c(OC(c2ccccc2)C2CCNC2)ccnc1Cl. The molecule has 2 aromatic rings. The number of hydrogen-bond donors (Lipinski definition) is 1. The van der Waals surface area contributed by atoms with Crippen molar-refractivity contribution in [2.24, 2.45) is 5.92 Å². The second kappa shape index (κ2) is 6.46. The lowest BCUT2D eigenvalue weighted by Crippen LogP contribution is -2.21. The first-order chi connectivity index (χ1) is 10.3. The molecule has 0 spiro atoms. The molecule has 0 saturated carbocycles. The van der Waals surface area contributed by atoms with Gasteiger partial charge in [0.2, 0.25) is 0 Å². The van der Waals surface area contributed by atoms with Crippen LogP contribution in [0.3, 0.4) is 0 Å². The number of aromatic nitrogens is 1.